The first-order valence-electron chi connectivity index (χ1n) is 5.47. The van der Waals surface area contributed by atoms with Gasteiger partial charge in [0.1, 0.15) is 0 Å². The molecule has 0 saturated heterocycles. The summed E-state index contributed by atoms with van der Waals surface area (Å²) in [6.07, 6.45) is 0.137. The second-order valence-electron chi connectivity index (χ2n) is 4.12. The van der Waals surface area contributed by atoms with Gasteiger partial charge in [-0.1, -0.05) is 0 Å². The first-order chi connectivity index (χ1) is 8.29. The highest BCUT2D eigenvalue weighted by Gasteiger charge is 2.20. The zero-order valence-corrected chi connectivity index (χ0v) is 11.1. The minimum Gasteiger partial charge on any atom is -0.478 e. The number of carbonyl (C=O) groups is 1. The molecule has 5 nitrogen and oxygen atoms in total. The number of benzene rings is 1. The van der Waals surface area contributed by atoms with Crippen LogP contribution in [0.5, 0.6) is 0 Å². The van der Waals surface area contributed by atoms with Crippen molar-refractivity contribution in [3.63, 3.8) is 0 Å². The van der Waals surface area contributed by atoms with Crippen LogP contribution in [0.3, 0.4) is 0 Å². The number of aromatic carboxylic acids is 1. The number of aryl methyl sites for hydroxylation is 1. The van der Waals surface area contributed by atoms with Gasteiger partial charge in [0, 0.05) is 6.61 Å². The Morgan fingerprint density at radius 3 is 2.39 bits per heavy atom. The number of carboxylic acid groups (broad SMARTS) is 1. The quantitative estimate of drug-likeness (QED) is 0.839. The molecular weight excluding hydrogens is 256 g/mol. The molecule has 0 aliphatic heterocycles. The van der Waals surface area contributed by atoms with Gasteiger partial charge >= 0.3 is 5.97 Å². The van der Waals surface area contributed by atoms with Gasteiger partial charge in [0.15, 0.2) is 9.84 Å². The van der Waals surface area contributed by atoms with Crippen molar-refractivity contribution in [1.82, 2.24) is 0 Å². The lowest BCUT2D eigenvalue weighted by Gasteiger charge is -2.11. The lowest BCUT2D eigenvalue weighted by atomic mass is 10.1. The summed E-state index contributed by atoms with van der Waals surface area (Å²) in [4.78, 5) is 11.0. The Kier molecular flexibility index (Phi) is 4.48. The maximum Gasteiger partial charge on any atom is 0.335 e. The van der Waals surface area contributed by atoms with Gasteiger partial charge in [-0.2, -0.15) is 0 Å². The van der Waals surface area contributed by atoms with Crippen LogP contribution in [0.1, 0.15) is 27.9 Å². The summed E-state index contributed by atoms with van der Waals surface area (Å²) >= 11 is 0. The van der Waals surface area contributed by atoms with E-state index in [-0.39, 0.29) is 29.2 Å². The summed E-state index contributed by atoms with van der Waals surface area (Å²) in [5.41, 5.74) is 1.14. The Morgan fingerprint density at radius 2 is 1.89 bits per heavy atom. The molecular formula is C12H16O5S. The Balaban J connectivity index is 3.35. The number of aliphatic hydroxyl groups is 1. The predicted octanol–water partition coefficient (Wildman–Crippen LogP) is 1.16. The molecule has 1 aromatic carbocycles. The largest absolute Gasteiger partial charge is 0.478 e. The predicted molar refractivity (Wildman–Crippen MR) is 66.6 cm³/mol. The van der Waals surface area contributed by atoms with Crippen molar-refractivity contribution in [2.75, 3.05) is 12.4 Å². The van der Waals surface area contributed by atoms with E-state index in [9.17, 15) is 13.2 Å². The van der Waals surface area contributed by atoms with E-state index in [0.29, 0.717) is 11.1 Å². The normalized spacial score (nSPS) is 11.5. The zero-order valence-electron chi connectivity index (χ0n) is 10.3. The zero-order chi connectivity index (χ0) is 13.9. The molecule has 0 fully saturated rings. The third-order valence-electron chi connectivity index (χ3n) is 2.77. The van der Waals surface area contributed by atoms with Crippen LogP contribution in [0.25, 0.3) is 0 Å². The van der Waals surface area contributed by atoms with Gasteiger partial charge in [0.2, 0.25) is 0 Å². The van der Waals surface area contributed by atoms with Crippen molar-refractivity contribution in [2.24, 2.45) is 0 Å². The van der Waals surface area contributed by atoms with E-state index in [1.807, 2.05) is 0 Å². The first kappa shape index (κ1) is 14.7. The molecule has 0 saturated carbocycles. The molecule has 0 aliphatic carbocycles. The molecule has 2 N–H and O–H groups in total. The van der Waals surface area contributed by atoms with E-state index >= 15 is 0 Å². The van der Waals surface area contributed by atoms with E-state index in [1.165, 1.54) is 12.1 Å². The van der Waals surface area contributed by atoms with Crippen LogP contribution >= 0.6 is 0 Å². The summed E-state index contributed by atoms with van der Waals surface area (Å²) in [7, 11) is -3.55. The standard InChI is InChI=1S/C12H16O5S/c1-8-6-10(12(14)15)7-11(9(8)2)18(16,17)5-3-4-13/h6-7,13H,3-5H2,1-2H3,(H,14,15). The molecule has 18 heavy (non-hydrogen) atoms. The number of hydrogen-bond donors (Lipinski definition) is 2. The summed E-state index contributed by atoms with van der Waals surface area (Å²) < 4.78 is 24.1. The van der Waals surface area contributed by atoms with Crippen LogP contribution in [0.2, 0.25) is 0 Å². The molecule has 0 spiro atoms. The molecule has 0 aliphatic rings. The molecule has 0 aromatic heterocycles. The fraction of sp³-hybridized carbons (Fsp3) is 0.417. The molecule has 0 atom stereocenters. The third kappa shape index (κ3) is 3.08. The van der Waals surface area contributed by atoms with Crippen LogP contribution < -0.4 is 0 Å². The first-order valence-corrected chi connectivity index (χ1v) is 7.13. The van der Waals surface area contributed by atoms with Crippen LogP contribution in [0.4, 0.5) is 0 Å². The lowest BCUT2D eigenvalue weighted by molar-refractivity contribution is 0.0696. The number of carboxylic acids is 1. The molecule has 0 bridgehead atoms. The highest BCUT2D eigenvalue weighted by Crippen LogP contribution is 2.22. The van der Waals surface area contributed by atoms with E-state index in [2.05, 4.69) is 0 Å². The smallest absolute Gasteiger partial charge is 0.335 e. The number of rotatable bonds is 5. The van der Waals surface area contributed by atoms with Crippen molar-refractivity contribution >= 4 is 15.8 Å². The van der Waals surface area contributed by atoms with Gasteiger partial charge in [0.05, 0.1) is 16.2 Å². The highest BCUT2D eigenvalue weighted by molar-refractivity contribution is 7.91. The van der Waals surface area contributed by atoms with Gasteiger partial charge in [-0.05, 0) is 43.5 Å². The number of hydrogen-bond acceptors (Lipinski definition) is 4. The van der Waals surface area contributed by atoms with Gasteiger partial charge in [-0.3, -0.25) is 0 Å². The van der Waals surface area contributed by atoms with Crippen molar-refractivity contribution in [2.45, 2.75) is 25.2 Å². The average Bonchev–Trinajstić information content (AvgIpc) is 2.29. The fourth-order valence-electron chi connectivity index (χ4n) is 1.64. The molecule has 6 heteroatoms. The van der Waals surface area contributed by atoms with E-state index in [1.54, 1.807) is 13.8 Å². The molecule has 1 aromatic rings. The Morgan fingerprint density at radius 1 is 1.28 bits per heavy atom. The van der Waals surface area contributed by atoms with Gasteiger partial charge in [-0.25, -0.2) is 13.2 Å². The van der Waals surface area contributed by atoms with Gasteiger partial charge in [-0.15, -0.1) is 0 Å². The molecule has 0 amide bonds. The summed E-state index contributed by atoms with van der Waals surface area (Å²) in [6, 6.07) is 2.63. The van der Waals surface area contributed by atoms with E-state index in [0.717, 1.165) is 0 Å². The van der Waals surface area contributed by atoms with Crippen molar-refractivity contribution in [3.8, 4) is 0 Å². The molecule has 1 rings (SSSR count). The third-order valence-corrected chi connectivity index (χ3v) is 4.69. The van der Waals surface area contributed by atoms with E-state index < -0.39 is 15.8 Å². The monoisotopic (exact) mass is 272 g/mol. The van der Waals surface area contributed by atoms with Gasteiger partial charge in [0.25, 0.3) is 0 Å². The summed E-state index contributed by atoms with van der Waals surface area (Å²) in [5, 5.41) is 17.6. The second kappa shape index (κ2) is 5.49. The van der Waals surface area contributed by atoms with E-state index in [4.69, 9.17) is 10.2 Å². The lowest BCUT2D eigenvalue weighted by Crippen LogP contribution is -2.12. The SMILES string of the molecule is Cc1cc(C(=O)O)cc(S(=O)(=O)CCCO)c1C. The number of sulfone groups is 1. The number of aliphatic hydroxyl groups excluding tert-OH is 1. The molecule has 100 valence electrons. The molecule has 0 radical (unpaired) electrons. The van der Waals surface area contributed by atoms with Crippen LogP contribution in [-0.2, 0) is 9.84 Å². The highest BCUT2D eigenvalue weighted by atomic mass is 32.2. The Bertz CT molecular complexity index is 560. The van der Waals surface area contributed by atoms with Crippen molar-refractivity contribution in [1.29, 1.82) is 0 Å². The fourth-order valence-corrected chi connectivity index (χ4v) is 3.30. The average molecular weight is 272 g/mol. The molecule has 0 heterocycles. The molecule has 0 unspecified atom stereocenters. The van der Waals surface area contributed by atoms with Crippen molar-refractivity contribution < 1.29 is 23.4 Å². The topological polar surface area (TPSA) is 91.7 Å². The van der Waals surface area contributed by atoms with Crippen LogP contribution in [0, 0.1) is 13.8 Å². The Labute approximate surface area is 106 Å². The maximum atomic E-state index is 12.0. The van der Waals surface area contributed by atoms with Gasteiger partial charge < -0.3 is 10.2 Å². The maximum absolute atomic E-state index is 12.0. The van der Waals surface area contributed by atoms with Crippen LogP contribution in [0.15, 0.2) is 17.0 Å². The van der Waals surface area contributed by atoms with Crippen molar-refractivity contribution in [3.05, 3.63) is 28.8 Å². The van der Waals surface area contributed by atoms with Crippen LogP contribution in [-0.4, -0.2) is 37.0 Å². The summed E-state index contributed by atoms with van der Waals surface area (Å²) in [5.74, 6) is -1.34. The second-order valence-corrected chi connectivity index (χ2v) is 6.20. The minimum atomic E-state index is -3.55. The summed E-state index contributed by atoms with van der Waals surface area (Å²) in [6.45, 7) is 3.11. The minimum absolute atomic E-state index is 0.0355. The Hall–Kier alpha value is -1.40.